The first-order valence-electron chi connectivity index (χ1n) is 6.92. The molecular weight excluding hydrogens is 254 g/mol. The van der Waals surface area contributed by atoms with Gasteiger partial charge in [-0.3, -0.25) is 0 Å². The first-order chi connectivity index (χ1) is 9.78. The van der Waals surface area contributed by atoms with Crippen LogP contribution < -0.4 is 10.1 Å². The van der Waals surface area contributed by atoms with Crippen LogP contribution in [0.5, 0.6) is 5.75 Å². The van der Waals surface area contributed by atoms with Gasteiger partial charge >= 0.3 is 0 Å². The third kappa shape index (κ3) is 4.82. The Balaban J connectivity index is 1.60. The fourth-order valence-corrected chi connectivity index (χ4v) is 2.15. The lowest BCUT2D eigenvalue weighted by Gasteiger charge is -2.30. The van der Waals surface area contributed by atoms with Crippen molar-refractivity contribution in [3.63, 3.8) is 0 Å². The Hall–Kier alpha value is -1.61. The lowest BCUT2D eigenvalue weighted by molar-refractivity contribution is -0.0182. The first kappa shape index (κ1) is 14.8. The van der Waals surface area contributed by atoms with Crippen molar-refractivity contribution in [2.75, 3.05) is 46.4 Å². The molecule has 1 N–H and O–H groups in total. The van der Waals surface area contributed by atoms with E-state index in [0.29, 0.717) is 12.2 Å². The molecule has 1 aliphatic heterocycles. The van der Waals surface area contributed by atoms with Crippen molar-refractivity contribution in [2.24, 2.45) is 0 Å². The number of likely N-dealkylation sites (N-methyl/N-ethyl adjacent to an activating group) is 1. The second-order valence-electron chi connectivity index (χ2n) is 4.95. The molecule has 1 unspecified atom stereocenters. The van der Waals surface area contributed by atoms with Crippen LogP contribution in [-0.2, 0) is 4.74 Å². The maximum Gasteiger partial charge on any atom is 0.120 e. The number of hydrogen-bond donors (Lipinski definition) is 1. The van der Waals surface area contributed by atoms with Gasteiger partial charge in [0.25, 0.3) is 0 Å². The van der Waals surface area contributed by atoms with Gasteiger partial charge in [0.2, 0.25) is 0 Å². The van der Waals surface area contributed by atoms with Gasteiger partial charge in [-0.15, -0.1) is 0 Å². The molecule has 1 aromatic carbocycles. The summed E-state index contributed by atoms with van der Waals surface area (Å²) < 4.78 is 11.3. The van der Waals surface area contributed by atoms with Gasteiger partial charge in [-0.1, -0.05) is 6.07 Å². The predicted octanol–water partition coefficient (Wildman–Crippen LogP) is 0.857. The molecule has 0 radical (unpaired) electrons. The normalized spacial score (nSPS) is 19.5. The summed E-state index contributed by atoms with van der Waals surface area (Å²) in [5, 5.41) is 12.1. The minimum atomic E-state index is 0.260. The Morgan fingerprint density at radius 3 is 3.25 bits per heavy atom. The number of nitrogens with zero attached hydrogens (tertiary/aromatic N) is 2. The van der Waals surface area contributed by atoms with Gasteiger partial charge < -0.3 is 19.7 Å². The highest BCUT2D eigenvalue weighted by molar-refractivity contribution is 5.36. The van der Waals surface area contributed by atoms with Crippen LogP contribution >= 0.6 is 0 Å². The molecule has 1 heterocycles. The maximum absolute atomic E-state index is 8.80. The van der Waals surface area contributed by atoms with Crippen LogP contribution in [0, 0.1) is 11.3 Å². The largest absolute Gasteiger partial charge is 0.492 e. The standard InChI is InChI=1S/C15H21N3O2/c1-18-6-8-20-15(12-18)11-17-5-7-19-14-4-2-3-13(9-14)10-16/h2-4,9,15,17H,5-8,11-12H2,1H3. The molecular formula is C15H21N3O2. The smallest absolute Gasteiger partial charge is 0.120 e. The number of rotatable bonds is 6. The zero-order valence-corrected chi connectivity index (χ0v) is 11.8. The van der Waals surface area contributed by atoms with Gasteiger partial charge in [-0.2, -0.15) is 5.26 Å². The van der Waals surface area contributed by atoms with Crippen molar-refractivity contribution in [1.82, 2.24) is 10.2 Å². The van der Waals surface area contributed by atoms with Crippen LogP contribution in [0.3, 0.4) is 0 Å². The number of nitriles is 1. The van der Waals surface area contributed by atoms with Crippen molar-refractivity contribution in [3.8, 4) is 11.8 Å². The SMILES string of the molecule is CN1CCOC(CNCCOc2cccc(C#N)c2)C1. The monoisotopic (exact) mass is 275 g/mol. The molecule has 2 rings (SSSR count). The van der Waals surface area contributed by atoms with Crippen molar-refractivity contribution in [1.29, 1.82) is 5.26 Å². The Kier molecular flexibility index (Phi) is 5.81. The molecule has 0 spiro atoms. The van der Waals surface area contributed by atoms with E-state index in [-0.39, 0.29) is 6.10 Å². The minimum Gasteiger partial charge on any atom is -0.492 e. The van der Waals surface area contributed by atoms with Crippen molar-refractivity contribution in [2.45, 2.75) is 6.10 Å². The summed E-state index contributed by atoms with van der Waals surface area (Å²) >= 11 is 0. The number of hydrogen-bond acceptors (Lipinski definition) is 5. The summed E-state index contributed by atoms with van der Waals surface area (Å²) in [6.07, 6.45) is 0.260. The highest BCUT2D eigenvalue weighted by Gasteiger charge is 2.16. The van der Waals surface area contributed by atoms with Crippen LogP contribution in [0.1, 0.15) is 5.56 Å². The van der Waals surface area contributed by atoms with E-state index in [2.05, 4.69) is 23.3 Å². The summed E-state index contributed by atoms with van der Waals surface area (Å²) in [5.74, 6) is 0.736. The molecule has 1 fully saturated rings. The van der Waals surface area contributed by atoms with Crippen LogP contribution in [0.2, 0.25) is 0 Å². The topological polar surface area (TPSA) is 57.5 Å². The average molecular weight is 275 g/mol. The molecule has 5 heteroatoms. The fraction of sp³-hybridized carbons (Fsp3) is 0.533. The minimum absolute atomic E-state index is 0.260. The lowest BCUT2D eigenvalue weighted by atomic mass is 10.2. The Labute approximate surface area is 120 Å². The number of nitrogens with one attached hydrogen (secondary N) is 1. The summed E-state index contributed by atoms with van der Waals surface area (Å²) in [4.78, 5) is 2.28. The summed E-state index contributed by atoms with van der Waals surface area (Å²) in [6, 6.07) is 9.30. The number of benzene rings is 1. The van der Waals surface area contributed by atoms with E-state index in [0.717, 1.165) is 38.5 Å². The van der Waals surface area contributed by atoms with Gasteiger partial charge in [0.05, 0.1) is 24.3 Å². The number of morpholine rings is 1. The molecule has 0 amide bonds. The highest BCUT2D eigenvalue weighted by Crippen LogP contribution is 2.12. The van der Waals surface area contributed by atoms with Crippen LogP contribution in [-0.4, -0.2) is 57.4 Å². The van der Waals surface area contributed by atoms with E-state index in [4.69, 9.17) is 14.7 Å². The van der Waals surface area contributed by atoms with Gasteiger partial charge in [0.15, 0.2) is 0 Å². The lowest BCUT2D eigenvalue weighted by Crippen LogP contribution is -2.45. The van der Waals surface area contributed by atoms with E-state index in [1.807, 2.05) is 12.1 Å². The third-order valence-corrected chi connectivity index (χ3v) is 3.22. The van der Waals surface area contributed by atoms with E-state index >= 15 is 0 Å². The Morgan fingerprint density at radius 1 is 1.55 bits per heavy atom. The predicted molar refractivity (Wildman–Crippen MR) is 76.8 cm³/mol. The third-order valence-electron chi connectivity index (χ3n) is 3.22. The van der Waals surface area contributed by atoms with Gasteiger partial charge in [-0.05, 0) is 25.2 Å². The van der Waals surface area contributed by atoms with Crippen molar-refractivity contribution in [3.05, 3.63) is 29.8 Å². The maximum atomic E-state index is 8.80. The summed E-state index contributed by atoms with van der Waals surface area (Å²) in [7, 11) is 2.11. The average Bonchev–Trinajstić information content (AvgIpc) is 2.47. The molecule has 1 aliphatic rings. The zero-order chi connectivity index (χ0) is 14.2. The van der Waals surface area contributed by atoms with Crippen LogP contribution in [0.4, 0.5) is 0 Å². The molecule has 0 aromatic heterocycles. The van der Waals surface area contributed by atoms with E-state index < -0.39 is 0 Å². The van der Waals surface area contributed by atoms with Gasteiger partial charge in [-0.25, -0.2) is 0 Å². The molecule has 1 atom stereocenters. The van der Waals surface area contributed by atoms with Crippen LogP contribution in [0.15, 0.2) is 24.3 Å². The molecule has 5 nitrogen and oxygen atoms in total. The van der Waals surface area contributed by atoms with Crippen molar-refractivity contribution < 1.29 is 9.47 Å². The second kappa shape index (κ2) is 7.85. The molecule has 1 aromatic rings. The van der Waals surface area contributed by atoms with Gasteiger partial charge in [0.1, 0.15) is 12.4 Å². The van der Waals surface area contributed by atoms with E-state index in [9.17, 15) is 0 Å². The van der Waals surface area contributed by atoms with E-state index in [1.165, 1.54) is 0 Å². The van der Waals surface area contributed by atoms with Gasteiger partial charge in [0, 0.05) is 26.2 Å². The Morgan fingerprint density at radius 2 is 2.45 bits per heavy atom. The molecule has 0 bridgehead atoms. The summed E-state index contributed by atoms with van der Waals surface area (Å²) in [6.45, 7) is 4.97. The molecule has 0 saturated carbocycles. The molecule has 0 aliphatic carbocycles. The summed E-state index contributed by atoms with van der Waals surface area (Å²) in [5.41, 5.74) is 0.620. The molecule has 20 heavy (non-hydrogen) atoms. The highest BCUT2D eigenvalue weighted by atomic mass is 16.5. The van der Waals surface area contributed by atoms with E-state index in [1.54, 1.807) is 12.1 Å². The molecule has 108 valence electrons. The Bertz CT molecular complexity index is 459. The number of ether oxygens (including phenoxy) is 2. The quantitative estimate of drug-likeness (QED) is 0.780. The van der Waals surface area contributed by atoms with Crippen LogP contribution in [0.25, 0.3) is 0 Å². The second-order valence-corrected chi connectivity index (χ2v) is 4.95. The van der Waals surface area contributed by atoms with Crippen molar-refractivity contribution >= 4 is 0 Å². The molecule has 1 saturated heterocycles. The fourth-order valence-electron chi connectivity index (χ4n) is 2.15. The first-order valence-corrected chi connectivity index (χ1v) is 6.92. The zero-order valence-electron chi connectivity index (χ0n) is 11.8.